The molecule has 0 saturated heterocycles. The second kappa shape index (κ2) is 3.53. The number of nitrogens with zero attached hydrogens (tertiary/aromatic N) is 2. The zero-order chi connectivity index (χ0) is 9.84. The van der Waals surface area contributed by atoms with Crippen molar-refractivity contribution in [2.45, 2.75) is 0 Å². The predicted molar refractivity (Wildman–Crippen MR) is 44.1 cm³/mol. The molecule has 6 heteroatoms. The summed E-state index contributed by atoms with van der Waals surface area (Å²) in [6, 6.07) is 3.93. The summed E-state index contributed by atoms with van der Waals surface area (Å²) in [5, 5.41) is 30.4. The molecule has 0 saturated carbocycles. The van der Waals surface area contributed by atoms with Gasteiger partial charge >= 0.3 is 5.69 Å². The number of oxime groups is 1. The lowest BCUT2D eigenvalue weighted by atomic mass is 10.2. The van der Waals surface area contributed by atoms with Gasteiger partial charge in [0.25, 0.3) is 0 Å². The van der Waals surface area contributed by atoms with E-state index in [0.717, 1.165) is 12.3 Å². The maximum absolute atomic E-state index is 10.3. The van der Waals surface area contributed by atoms with Crippen LogP contribution in [0.4, 0.5) is 5.69 Å². The molecule has 0 fully saturated rings. The topological polar surface area (TPSA) is 96.0 Å². The van der Waals surface area contributed by atoms with E-state index >= 15 is 0 Å². The van der Waals surface area contributed by atoms with Crippen LogP contribution in [0.15, 0.2) is 23.4 Å². The number of benzene rings is 1. The second-order valence-electron chi connectivity index (χ2n) is 2.22. The van der Waals surface area contributed by atoms with Crippen LogP contribution in [0.2, 0.25) is 0 Å². The van der Waals surface area contributed by atoms with E-state index in [4.69, 9.17) is 5.21 Å². The third-order valence-corrected chi connectivity index (χ3v) is 1.44. The summed E-state index contributed by atoms with van der Waals surface area (Å²) in [6.07, 6.45) is 0.919. The Bertz CT molecular complexity index is 362. The molecule has 6 nitrogen and oxygen atoms in total. The van der Waals surface area contributed by atoms with Crippen molar-refractivity contribution in [2.75, 3.05) is 0 Å². The second-order valence-corrected chi connectivity index (χ2v) is 2.22. The SMILES string of the molecule is O=[N+]([O-])c1cccc(/C=N\O)c1O. The normalized spacial score (nSPS) is 10.5. The predicted octanol–water partition coefficient (Wildman–Crippen LogP) is 1.11. The standard InChI is InChI=1S/C7H6N2O4/c10-7-5(4-8-11)2-1-3-6(7)9(12)13/h1-4,10-11H/b8-4-. The van der Waals surface area contributed by atoms with Crippen LogP contribution < -0.4 is 0 Å². The Labute approximate surface area is 72.9 Å². The van der Waals surface area contributed by atoms with Crippen LogP contribution in [0, 0.1) is 10.1 Å². The summed E-state index contributed by atoms with van der Waals surface area (Å²) in [5.41, 5.74) is -0.325. The average molecular weight is 182 g/mol. The summed E-state index contributed by atoms with van der Waals surface area (Å²) in [7, 11) is 0. The van der Waals surface area contributed by atoms with Gasteiger partial charge in [-0.2, -0.15) is 0 Å². The Balaban J connectivity index is 3.26. The van der Waals surface area contributed by atoms with Crippen molar-refractivity contribution in [3.8, 4) is 5.75 Å². The van der Waals surface area contributed by atoms with Gasteiger partial charge in [-0.1, -0.05) is 11.2 Å². The molecule has 68 valence electrons. The van der Waals surface area contributed by atoms with Crippen molar-refractivity contribution >= 4 is 11.9 Å². The molecule has 2 N–H and O–H groups in total. The fraction of sp³-hybridized carbons (Fsp3) is 0. The van der Waals surface area contributed by atoms with E-state index in [1.807, 2.05) is 0 Å². The van der Waals surface area contributed by atoms with Crippen molar-refractivity contribution in [1.29, 1.82) is 0 Å². The first kappa shape index (κ1) is 8.98. The Morgan fingerprint density at radius 2 is 2.23 bits per heavy atom. The van der Waals surface area contributed by atoms with Crippen molar-refractivity contribution in [3.63, 3.8) is 0 Å². The average Bonchev–Trinajstić information content (AvgIpc) is 2.08. The summed E-state index contributed by atoms with van der Waals surface area (Å²) >= 11 is 0. The third kappa shape index (κ3) is 1.73. The molecule has 0 bridgehead atoms. The van der Waals surface area contributed by atoms with Crippen LogP contribution >= 0.6 is 0 Å². The number of phenolic OH excluding ortho intramolecular Hbond substituents is 1. The van der Waals surface area contributed by atoms with E-state index in [-0.39, 0.29) is 5.56 Å². The van der Waals surface area contributed by atoms with Crippen LogP contribution in [0.1, 0.15) is 5.56 Å². The lowest BCUT2D eigenvalue weighted by molar-refractivity contribution is -0.385. The number of nitro groups is 1. The van der Waals surface area contributed by atoms with E-state index in [0.29, 0.717) is 0 Å². The van der Waals surface area contributed by atoms with Gasteiger partial charge in [-0.15, -0.1) is 0 Å². The highest BCUT2D eigenvalue weighted by atomic mass is 16.6. The smallest absolute Gasteiger partial charge is 0.311 e. The number of nitro benzene ring substituents is 1. The molecule has 0 unspecified atom stereocenters. The number of hydrogen-bond acceptors (Lipinski definition) is 5. The van der Waals surface area contributed by atoms with E-state index in [1.54, 1.807) is 0 Å². The summed E-state index contributed by atoms with van der Waals surface area (Å²) in [6.45, 7) is 0. The summed E-state index contributed by atoms with van der Waals surface area (Å²) in [5.74, 6) is -0.509. The highest BCUT2D eigenvalue weighted by molar-refractivity contribution is 5.85. The highest BCUT2D eigenvalue weighted by Gasteiger charge is 2.14. The molecule has 0 aliphatic rings. The summed E-state index contributed by atoms with van der Waals surface area (Å²) < 4.78 is 0. The fourth-order valence-corrected chi connectivity index (χ4v) is 0.862. The zero-order valence-corrected chi connectivity index (χ0v) is 6.41. The van der Waals surface area contributed by atoms with E-state index in [9.17, 15) is 15.2 Å². The monoisotopic (exact) mass is 182 g/mol. The first-order chi connectivity index (χ1) is 6.16. The highest BCUT2D eigenvalue weighted by Crippen LogP contribution is 2.27. The van der Waals surface area contributed by atoms with E-state index in [2.05, 4.69) is 5.16 Å². The fourth-order valence-electron chi connectivity index (χ4n) is 0.862. The number of hydrogen-bond donors (Lipinski definition) is 2. The molecule has 0 aromatic heterocycles. The van der Waals surface area contributed by atoms with Gasteiger partial charge in [0.1, 0.15) is 0 Å². The van der Waals surface area contributed by atoms with Crippen LogP contribution in [-0.4, -0.2) is 21.5 Å². The lowest BCUT2D eigenvalue weighted by Crippen LogP contribution is -1.91. The van der Waals surface area contributed by atoms with Crippen LogP contribution in [0.25, 0.3) is 0 Å². The van der Waals surface area contributed by atoms with Crippen molar-refractivity contribution in [1.82, 2.24) is 0 Å². The molecule has 0 aliphatic carbocycles. The van der Waals surface area contributed by atoms with Crippen LogP contribution in [0.3, 0.4) is 0 Å². The van der Waals surface area contributed by atoms with Crippen LogP contribution in [0.5, 0.6) is 5.75 Å². The van der Waals surface area contributed by atoms with E-state index in [1.165, 1.54) is 12.1 Å². The van der Waals surface area contributed by atoms with Gasteiger partial charge in [0, 0.05) is 11.6 Å². The van der Waals surface area contributed by atoms with E-state index < -0.39 is 16.4 Å². The molecular weight excluding hydrogens is 176 g/mol. The Morgan fingerprint density at radius 1 is 1.54 bits per heavy atom. The maximum Gasteiger partial charge on any atom is 0.311 e. The molecule has 0 amide bonds. The number of para-hydroxylation sites is 1. The Hall–Kier alpha value is -2.11. The number of aromatic hydroxyl groups is 1. The molecule has 1 rings (SSSR count). The molecule has 1 aromatic carbocycles. The first-order valence-electron chi connectivity index (χ1n) is 3.30. The van der Waals surface area contributed by atoms with Gasteiger partial charge < -0.3 is 10.3 Å². The van der Waals surface area contributed by atoms with Crippen LogP contribution in [-0.2, 0) is 0 Å². The minimum Gasteiger partial charge on any atom is -0.502 e. The molecule has 0 heterocycles. The van der Waals surface area contributed by atoms with Gasteiger partial charge in [0.05, 0.1) is 11.1 Å². The van der Waals surface area contributed by atoms with Crippen molar-refractivity contribution in [2.24, 2.45) is 5.16 Å². The first-order valence-corrected chi connectivity index (χ1v) is 3.30. The lowest BCUT2D eigenvalue weighted by Gasteiger charge is -1.97. The van der Waals surface area contributed by atoms with Gasteiger partial charge in [-0.05, 0) is 6.07 Å². The van der Waals surface area contributed by atoms with Crippen molar-refractivity contribution in [3.05, 3.63) is 33.9 Å². The van der Waals surface area contributed by atoms with Gasteiger partial charge in [-0.25, -0.2) is 0 Å². The minimum absolute atomic E-state index is 0.0942. The molecule has 0 aliphatic heterocycles. The van der Waals surface area contributed by atoms with Gasteiger partial charge in [0.2, 0.25) is 5.75 Å². The zero-order valence-electron chi connectivity index (χ0n) is 6.41. The molecule has 0 atom stereocenters. The molecular formula is C7H6N2O4. The minimum atomic E-state index is -0.718. The molecule has 13 heavy (non-hydrogen) atoms. The number of rotatable bonds is 2. The Kier molecular flexibility index (Phi) is 2.44. The quantitative estimate of drug-likeness (QED) is 0.310. The third-order valence-electron chi connectivity index (χ3n) is 1.44. The molecule has 0 radical (unpaired) electrons. The van der Waals surface area contributed by atoms with Crippen molar-refractivity contribution < 1.29 is 15.2 Å². The largest absolute Gasteiger partial charge is 0.502 e. The number of phenols is 1. The molecule has 1 aromatic rings. The summed E-state index contributed by atoms with van der Waals surface area (Å²) in [4.78, 5) is 9.60. The molecule has 0 spiro atoms. The van der Waals surface area contributed by atoms with Gasteiger partial charge in [0.15, 0.2) is 0 Å². The maximum atomic E-state index is 10.3. The Morgan fingerprint density at radius 3 is 2.77 bits per heavy atom. The van der Waals surface area contributed by atoms with Gasteiger partial charge in [-0.3, -0.25) is 10.1 Å².